The molecule has 1 aromatic carbocycles. The topological polar surface area (TPSA) is 55.1 Å². The maximum Gasteiger partial charge on any atom is 0.405 e. The Balaban J connectivity index is 2.90. The van der Waals surface area contributed by atoms with Crippen molar-refractivity contribution < 1.29 is 26.7 Å². The Kier molecular flexibility index (Phi) is 3.54. The molecule has 0 aliphatic heterocycles. The number of amides is 1. The molecule has 0 atom stereocenters. The summed E-state index contributed by atoms with van der Waals surface area (Å²) in [7, 11) is 0. The van der Waals surface area contributed by atoms with E-state index in [1.165, 1.54) is 5.32 Å². The summed E-state index contributed by atoms with van der Waals surface area (Å²) in [6, 6.07) is 1.09. The van der Waals surface area contributed by atoms with Crippen LogP contribution in [0.5, 0.6) is 0 Å². The van der Waals surface area contributed by atoms with E-state index in [2.05, 4.69) is 0 Å². The highest BCUT2D eigenvalue weighted by molar-refractivity contribution is 5.95. The van der Waals surface area contributed by atoms with E-state index in [1.807, 2.05) is 0 Å². The summed E-state index contributed by atoms with van der Waals surface area (Å²) in [4.78, 5) is 11.1. The summed E-state index contributed by atoms with van der Waals surface area (Å²) in [6.07, 6.45) is -4.63. The molecule has 0 unspecified atom stereocenters. The Morgan fingerprint density at radius 2 is 1.88 bits per heavy atom. The molecule has 3 N–H and O–H groups in total. The third-order valence-electron chi connectivity index (χ3n) is 1.76. The van der Waals surface area contributed by atoms with Gasteiger partial charge in [-0.2, -0.15) is 13.2 Å². The van der Waals surface area contributed by atoms with Crippen molar-refractivity contribution >= 4 is 11.6 Å². The van der Waals surface area contributed by atoms with Crippen molar-refractivity contribution in [2.75, 3.05) is 12.3 Å². The SMILES string of the molecule is Nc1cc(F)cc(C(=O)NCC(F)(F)F)c1F. The fraction of sp³-hybridized carbons (Fsp3) is 0.222. The smallest absolute Gasteiger partial charge is 0.396 e. The minimum absolute atomic E-state index is 0.470. The fourth-order valence-electron chi connectivity index (χ4n) is 1.05. The van der Waals surface area contributed by atoms with Gasteiger partial charge in [0.05, 0.1) is 11.3 Å². The summed E-state index contributed by atoms with van der Waals surface area (Å²) in [5, 5.41) is 1.41. The molecular weight excluding hydrogens is 247 g/mol. The Hall–Kier alpha value is -1.86. The van der Waals surface area contributed by atoms with E-state index < -0.39 is 41.5 Å². The van der Waals surface area contributed by atoms with Gasteiger partial charge >= 0.3 is 6.18 Å². The number of nitrogens with two attached hydrogens (primary N) is 1. The second kappa shape index (κ2) is 4.56. The average molecular weight is 254 g/mol. The van der Waals surface area contributed by atoms with E-state index >= 15 is 0 Å². The third-order valence-corrected chi connectivity index (χ3v) is 1.76. The predicted octanol–water partition coefficient (Wildman–Crippen LogP) is 1.84. The summed E-state index contributed by atoms with van der Waals surface area (Å²) < 4.78 is 61.4. The normalized spacial score (nSPS) is 11.4. The average Bonchev–Trinajstić information content (AvgIpc) is 2.19. The molecule has 0 heterocycles. The molecule has 3 nitrogen and oxygen atoms in total. The van der Waals surface area contributed by atoms with E-state index in [0.717, 1.165) is 0 Å². The second-order valence-corrected chi connectivity index (χ2v) is 3.15. The Morgan fingerprint density at radius 3 is 2.41 bits per heavy atom. The highest BCUT2D eigenvalue weighted by Crippen LogP contribution is 2.18. The first-order valence-electron chi connectivity index (χ1n) is 4.30. The van der Waals surface area contributed by atoms with Crippen LogP contribution in [0.4, 0.5) is 27.6 Å². The highest BCUT2D eigenvalue weighted by atomic mass is 19.4. The number of nitrogen functional groups attached to an aromatic ring is 1. The lowest BCUT2D eigenvalue weighted by atomic mass is 10.1. The van der Waals surface area contributed by atoms with Crippen molar-refractivity contribution in [3.63, 3.8) is 0 Å². The van der Waals surface area contributed by atoms with Crippen molar-refractivity contribution in [2.24, 2.45) is 0 Å². The van der Waals surface area contributed by atoms with Crippen LogP contribution in [0, 0.1) is 11.6 Å². The molecule has 0 radical (unpaired) electrons. The highest BCUT2D eigenvalue weighted by Gasteiger charge is 2.28. The van der Waals surface area contributed by atoms with Crippen LogP contribution in [0.25, 0.3) is 0 Å². The number of hydrogen-bond donors (Lipinski definition) is 2. The number of carbonyl (C=O) groups is 1. The molecule has 8 heteroatoms. The van der Waals surface area contributed by atoms with Crippen molar-refractivity contribution in [3.8, 4) is 0 Å². The van der Waals surface area contributed by atoms with E-state index in [4.69, 9.17) is 5.73 Å². The van der Waals surface area contributed by atoms with Gasteiger partial charge in [-0.3, -0.25) is 4.79 Å². The van der Waals surface area contributed by atoms with E-state index in [-0.39, 0.29) is 0 Å². The Bertz CT molecular complexity index is 444. The van der Waals surface area contributed by atoms with Gasteiger partial charge in [-0.05, 0) is 12.1 Å². The van der Waals surface area contributed by atoms with Gasteiger partial charge in [-0.15, -0.1) is 0 Å². The molecule has 0 saturated heterocycles. The number of anilines is 1. The summed E-state index contributed by atoms with van der Waals surface area (Å²) in [5.41, 5.74) is 3.50. The third kappa shape index (κ3) is 3.58. The van der Waals surface area contributed by atoms with Gasteiger partial charge in [0.15, 0.2) is 5.82 Å². The van der Waals surface area contributed by atoms with Crippen molar-refractivity contribution in [1.29, 1.82) is 0 Å². The van der Waals surface area contributed by atoms with Crippen LogP contribution in [-0.2, 0) is 0 Å². The molecule has 1 aromatic rings. The summed E-state index contributed by atoms with van der Waals surface area (Å²) in [5.74, 6) is -3.65. The molecule has 17 heavy (non-hydrogen) atoms. The number of alkyl halides is 3. The van der Waals surface area contributed by atoms with Gasteiger partial charge in [0, 0.05) is 0 Å². The number of hydrogen-bond acceptors (Lipinski definition) is 2. The fourth-order valence-corrected chi connectivity index (χ4v) is 1.05. The zero-order valence-corrected chi connectivity index (χ0v) is 8.24. The largest absolute Gasteiger partial charge is 0.405 e. The quantitative estimate of drug-likeness (QED) is 0.625. The van der Waals surface area contributed by atoms with Gasteiger partial charge in [-0.1, -0.05) is 0 Å². The lowest BCUT2D eigenvalue weighted by Gasteiger charge is -2.09. The number of halogens is 5. The molecule has 0 fully saturated rings. The zero-order chi connectivity index (χ0) is 13.2. The van der Waals surface area contributed by atoms with Gasteiger partial charge in [-0.25, -0.2) is 8.78 Å². The van der Waals surface area contributed by atoms with Crippen LogP contribution in [-0.4, -0.2) is 18.6 Å². The van der Waals surface area contributed by atoms with Crippen LogP contribution >= 0.6 is 0 Å². The van der Waals surface area contributed by atoms with E-state index in [0.29, 0.717) is 12.1 Å². The monoisotopic (exact) mass is 254 g/mol. The van der Waals surface area contributed by atoms with Crippen LogP contribution < -0.4 is 11.1 Å². The van der Waals surface area contributed by atoms with Crippen molar-refractivity contribution in [2.45, 2.75) is 6.18 Å². The van der Waals surface area contributed by atoms with Crippen molar-refractivity contribution in [3.05, 3.63) is 29.3 Å². The number of carbonyl (C=O) groups excluding carboxylic acids is 1. The Labute approximate surface area is 92.4 Å². The first kappa shape index (κ1) is 13.2. The molecule has 0 saturated carbocycles. The van der Waals surface area contributed by atoms with Crippen molar-refractivity contribution in [1.82, 2.24) is 5.32 Å². The first-order chi connectivity index (χ1) is 7.70. The standard InChI is InChI=1S/C9H7F5N2O/c10-4-1-5(7(11)6(15)2-4)8(17)16-3-9(12,13)14/h1-2H,3,15H2,(H,16,17). The lowest BCUT2D eigenvalue weighted by Crippen LogP contribution is -2.34. The molecule has 1 amide bonds. The van der Waals surface area contributed by atoms with Gasteiger partial charge in [0.25, 0.3) is 5.91 Å². The van der Waals surface area contributed by atoms with Gasteiger partial charge in [0.2, 0.25) is 0 Å². The van der Waals surface area contributed by atoms with Crippen LogP contribution in [0.15, 0.2) is 12.1 Å². The summed E-state index contributed by atoms with van der Waals surface area (Å²) in [6.45, 7) is -1.64. The van der Waals surface area contributed by atoms with Crippen LogP contribution in [0.2, 0.25) is 0 Å². The van der Waals surface area contributed by atoms with E-state index in [9.17, 15) is 26.7 Å². The molecule has 1 rings (SSSR count). The maximum atomic E-state index is 13.2. The predicted molar refractivity (Wildman–Crippen MR) is 49.2 cm³/mol. The van der Waals surface area contributed by atoms with Gasteiger partial charge < -0.3 is 11.1 Å². The number of nitrogens with one attached hydrogen (secondary N) is 1. The molecule has 0 bridgehead atoms. The van der Waals surface area contributed by atoms with Crippen LogP contribution in [0.1, 0.15) is 10.4 Å². The zero-order valence-electron chi connectivity index (χ0n) is 8.24. The molecule has 0 aromatic heterocycles. The Morgan fingerprint density at radius 1 is 1.29 bits per heavy atom. The minimum atomic E-state index is -4.63. The molecular formula is C9H7F5N2O. The van der Waals surface area contributed by atoms with Gasteiger partial charge in [0.1, 0.15) is 12.4 Å². The molecule has 94 valence electrons. The number of benzene rings is 1. The lowest BCUT2D eigenvalue weighted by molar-refractivity contribution is -0.123. The minimum Gasteiger partial charge on any atom is -0.396 e. The molecule has 0 aliphatic rings. The summed E-state index contributed by atoms with van der Waals surface area (Å²) >= 11 is 0. The first-order valence-corrected chi connectivity index (χ1v) is 4.30. The van der Waals surface area contributed by atoms with Crippen LogP contribution in [0.3, 0.4) is 0 Å². The maximum absolute atomic E-state index is 13.2. The van der Waals surface area contributed by atoms with E-state index in [1.54, 1.807) is 0 Å². The molecule has 0 aliphatic carbocycles. The molecule has 0 spiro atoms. The second-order valence-electron chi connectivity index (χ2n) is 3.15. The number of rotatable bonds is 2.